The van der Waals surface area contributed by atoms with Gasteiger partial charge in [0.05, 0.1) is 5.41 Å². The average molecular weight is 202 g/mol. The molecule has 2 heteroatoms. The van der Waals surface area contributed by atoms with Crippen molar-refractivity contribution in [3.8, 4) is 0 Å². The molecule has 1 saturated carbocycles. The predicted molar refractivity (Wildman–Crippen MR) is 56.9 cm³/mol. The van der Waals surface area contributed by atoms with Gasteiger partial charge in [-0.2, -0.15) is 0 Å². The average Bonchev–Trinajstić information content (AvgIpc) is 2.91. The molecular weight excluding hydrogens is 188 g/mol. The quantitative estimate of drug-likeness (QED) is 0.800. The topological polar surface area (TPSA) is 37.3 Å². The van der Waals surface area contributed by atoms with Gasteiger partial charge < -0.3 is 5.11 Å². The molecular formula is C13H14O2. The molecule has 0 aromatic heterocycles. The molecule has 2 aliphatic carbocycles. The van der Waals surface area contributed by atoms with Crippen LogP contribution in [0.25, 0.3) is 0 Å². The molecule has 0 aliphatic heterocycles. The third kappa shape index (κ3) is 0.876. The van der Waals surface area contributed by atoms with Gasteiger partial charge in [-0.05, 0) is 24.0 Å². The lowest BCUT2D eigenvalue weighted by Crippen LogP contribution is -2.21. The summed E-state index contributed by atoms with van der Waals surface area (Å²) in [7, 11) is 0. The molecule has 3 rings (SSSR count). The van der Waals surface area contributed by atoms with Crippen LogP contribution in [-0.4, -0.2) is 11.1 Å². The van der Waals surface area contributed by atoms with Gasteiger partial charge in [-0.15, -0.1) is 0 Å². The molecule has 0 saturated heterocycles. The fraction of sp³-hybridized carbons (Fsp3) is 0.462. The van der Waals surface area contributed by atoms with Crippen LogP contribution < -0.4 is 0 Å². The van der Waals surface area contributed by atoms with Crippen LogP contribution in [0.1, 0.15) is 42.7 Å². The van der Waals surface area contributed by atoms with Crippen LogP contribution in [0.4, 0.5) is 0 Å². The van der Waals surface area contributed by atoms with Crippen LogP contribution in [-0.2, 0) is 4.79 Å². The highest BCUT2D eigenvalue weighted by atomic mass is 16.4. The Bertz CT molecular complexity index is 438. The highest BCUT2D eigenvalue weighted by molar-refractivity contribution is 5.84. The monoisotopic (exact) mass is 202 g/mol. The fourth-order valence-electron chi connectivity index (χ4n) is 3.44. The SMILES string of the molecule is CC[C@H]1c2ccccc2[C@H]2C[C@]21C(=O)O. The molecule has 0 bridgehead atoms. The third-order valence-electron chi connectivity index (χ3n) is 4.18. The maximum Gasteiger partial charge on any atom is 0.310 e. The van der Waals surface area contributed by atoms with E-state index in [0.29, 0.717) is 0 Å². The van der Waals surface area contributed by atoms with Crippen LogP contribution in [0.15, 0.2) is 24.3 Å². The Labute approximate surface area is 88.9 Å². The van der Waals surface area contributed by atoms with E-state index in [1.807, 2.05) is 12.1 Å². The molecule has 1 fully saturated rings. The van der Waals surface area contributed by atoms with Crippen LogP contribution in [0.2, 0.25) is 0 Å². The Morgan fingerprint density at radius 3 is 2.73 bits per heavy atom. The first kappa shape index (κ1) is 8.96. The number of hydrogen-bond acceptors (Lipinski definition) is 1. The number of benzene rings is 1. The summed E-state index contributed by atoms with van der Waals surface area (Å²) >= 11 is 0. The van der Waals surface area contributed by atoms with Crippen LogP contribution >= 0.6 is 0 Å². The second kappa shape index (κ2) is 2.63. The van der Waals surface area contributed by atoms with Gasteiger partial charge in [-0.3, -0.25) is 4.79 Å². The van der Waals surface area contributed by atoms with Crippen LogP contribution in [0, 0.1) is 5.41 Å². The van der Waals surface area contributed by atoms with Gasteiger partial charge in [0.1, 0.15) is 0 Å². The molecule has 3 atom stereocenters. The van der Waals surface area contributed by atoms with Crippen molar-refractivity contribution in [1.82, 2.24) is 0 Å². The summed E-state index contributed by atoms with van der Waals surface area (Å²) in [4.78, 5) is 11.4. The highest BCUT2D eigenvalue weighted by Gasteiger charge is 2.69. The Balaban J connectivity index is 2.14. The van der Waals surface area contributed by atoms with Crippen molar-refractivity contribution in [2.75, 3.05) is 0 Å². The number of aliphatic carboxylic acids is 1. The van der Waals surface area contributed by atoms with Gasteiger partial charge in [0.25, 0.3) is 0 Å². The molecule has 0 unspecified atom stereocenters. The summed E-state index contributed by atoms with van der Waals surface area (Å²) in [5, 5.41) is 9.39. The summed E-state index contributed by atoms with van der Waals surface area (Å²) in [5.41, 5.74) is 2.11. The summed E-state index contributed by atoms with van der Waals surface area (Å²) in [5.74, 6) is -0.0806. The molecule has 1 aromatic carbocycles. The second-order valence-electron chi connectivity index (χ2n) is 4.69. The normalized spacial score (nSPS) is 35.8. The van der Waals surface area contributed by atoms with E-state index in [1.165, 1.54) is 11.1 Å². The Morgan fingerprint density at radius 2 is 2.13 bits per heavy atom. The minimum absolute atomic E-state index is 0.233. The fourth-order valence-corrected chi connectivity index (χ4v) is 3.44. The van der Waals surface area contributed by atoms with Crippen molar-refractivity contribution in [2.45, 2.75) is 31.6 Å². The van der Waals surface area contributed by atoms with E-state index in [0.717, 1.165) is 12.8 Å². The second-order valence-corrected chi connectivity index (χ2v) is 4.69. The van der Waals surface area contributed by atoms with Crippen molar-refractivity contribution in [1.29, 1.82) is 0 Å². The molecule has 2 nitrogen and oxygen atoms in total. The van der Waals surface area contributed by atoms with E-state index in [4.69, 9.17) is 0 Å². The summed E-state index contributed by atoms with van der Waals surface area (Å²) in [6.45, 7) is 2.09. The van der Waals surface area contributed by atoms with E-state index in [2.05, 4.69) is 19.1 Å². The number of fused-ring (bicyclic) bond motifs is 3. The molecule has 0 radical (unpaired) electrons. The van der Waals surface area contributed by atoms with Gasteiger partial charge in [-0.25, -0.2) is 0 Å². The largest absolute Gasteiger partial charge is 0.481 e. The molecule has 15 heavy (non-hydrogen) atoms. The maximum atomic E-state index is 11.4. The molecule has 1 aromatic rings. The Kier molecular flexibility index (Phi) is 1.57. The van der Waals surface area contributed by atoms with Crippen LogP contribution in [0.5, 0.6) is 0 Å². The molecule has 0 spiro atoms. The zero-order valence-corrected chi connectivity index (χ0v) is 8.73. The van der Waals surface area contributed by atoms with Crippen molar-refractivity contribution in [3.05, 3.63) is 35.4 Å². The maximum absolute atomic E-state index is 11.4. The van der Waals surface area contributed by atoms with E-state index in [9.17, 15) is 9.90 Å². The van der Waals surface area contributed by atoms with Gasteiger partial charge in [0.15, 0.2) is 0 Å². The number of carbonyl (C=O) groups is 1. The van der Waals surface area contributed by atoms with Crippen molar-refractivity contribution in [3.63, 3.8) is 0 Å². The first-order valence-corrected chi connectivity index (χ1v) is 5.54. The smallest absolute Gasteiger partial charge is 0.310 e. The van der Waals surface area contributed by atoms with Crippen LogP contribution in [0.3, 0.4) is 0 Å². The zero-order chi connectivity index (χ0) is 10.6. The van der Waals surface area contributed by atoms with Crippen molar-refractivity contribution >= 4 is 5.97 Å². The minimum atomic E-state index is -0.601. The van der Waals surface area contributed by atoms with Gasteiger partial charge in [-0.1, -0.05) is 31.2 Å². The van der Waals surface area contributed by atoms with E-state index in [1.54, 1.807) is 0 Å². The first-order chi connectivity index (χ1) is 7.21. The molecule has 0 amide bonds. The van der Waals surface area contributed by atoms with E-state index in [-0.39, 0.29) is 11.8 Å². The lowest BCUT2D eigenvalue weighted by atomic mass is 9.85. The summed E-state index contributed by atoms with van der Waals surface area (Å²) < 4.78 is 0. The number of carboxylic acid groups (broad SMARTS) is 1. The number of hydrogen-bond donors (Lipinski definition) is 1. The number of rotatable bonds is 2. The van der Waals surface area contributed by atoms with Crippen molar-refractivity contribution < 1.29 is 9.90 Å². The Morgan fingerprint density at radius 1 is 1.47 bits per heavy atom. The van der Waals surface area contributed by atoms with Gasteiger partial charge in [0.2, 0.25) is 0 Å². The summed E-state index contributed by atoms with van der Waals surface area (Å²) in [6.07, 6.45) is 1.78. The third-order valence-corrected chi connectivity index (χ3v) is 4.18. The standard InChI is InChI=1S/C13H14O2/c1-2-10-8-5-3-4-6-9(8)11-7-13(10,11)12(14)15/h3-6,10-11H,2,7H2,1H3,(H,14,15)/t10-,11+,13+/m0/s1. The molecule has 0 heterocycles. The number of carboxylic acids is 1. The lowest BCUT2D eigenvalue weighted by molar-refractivity contribution is -0.144. The summed E-state index contributed by atoms with van der Waals surface area (Å²) in [6, 6.07) is 8.23. The molecule has 2 aliphatic rings. The van der Waals surface area contributed by atoms with Gasteiger partial charge >= 0.3 is 5.97 Å². The molecule has 1 N–H and O–H groups in total. The first-order valence-electron chi connectivity index (χ1n) is 5.54. The van der Waals surface area contributed by atoms with Gasteiger partial charge in [0, 0.05) is 11.8 Å². The molecule has 78 valence electrons. The lowest BCUT2D eigenvalue weighted by Gasteiger charge is -2.18. The highest BCUT2D eigenvalue weighted by Crippen LogP contribution is 2.73. The van der Waals surface area contributed by atoms with E-state index >= 15 is 0 Å². The minimum Gasteiger partial charge on any atom is -0.481 e. The van der Waals surface area contributed by atoms with E-state index < -0.39 is 11.4 Å². The predicted octanol–water partition coefficient (Wildman–Crippen LogP) is 2.75. The van der Waals surface area contributed by atoms with Crippen molar-refractivity contribution in [2.24, 2.45) is 5.41 Å². The zero-order valence-electron chi connectivity index (χ0n) is 8.73. The Hall–Kier alpha value is -1.31.